The third kappa shape index (κ3) is 5.41. The van der Waals surface area contributed by atoms with Gasteiger partial charge in [0.05, 0.1) is 18.4 Å². The number of hydrogen-bond acceptors (Lipinski definition) is 4. The summed E-state index contributed by atoms with van der Waals surface area (Å²) in [5.41, 5.74) is 5.17. The Morgan fingerprint density at radius 2 is 1.90 bits per heavy atom. The van der Waals surface area contributed by atoms with Crippen LogP contribution in [0.25, 0.3) is 0 Å². The van der Waals surface area contributed by atoms with Crippen LogP contribution in [0.5, 0.6) is 0 Å². The lowest BCUT2D eigenvalue weighted by Crippen LogP contribution is -2.16. The van der Waals surface area contributed by atoms with E-state index in [1.54, 1.807) is 34.9 Å². The van der Waals surface area contributed by atoms with Crippen molar-refractivity contribution in [2.45, 2.75) is 31.0 Å². The molecule has 0 saturated heterocycles. The van der Waals surface area contributed by atoms with E-state index in [0.717, 1.165) is 17.0 Å². The average molecular weight is 429 g/mol. The molecular formula is C25H24N4OS. The van der Waals surface area contributed by atoms with Gasteiger partial charge in [0, 0.05) is 28.5 Å². The predicted octanol–water partition coefficient (Wildman–Crippen LogP) is 5.49. The van der Waals surface area contributed by atoms with E-state index in [-0.39, 0.29) is 5.91 Å². The molecule has 0 aliphatic carbocycles. The van der Waals surface area contributed by atoms with Crippen LogP contribution in [0.1, 0.15) is 32.7 Å². The third-order valence-corrected chi connectivity index (χ3v) is 6.16. The molecule has 4 rings (SSSR count). The normalized spacial score (nSPS) is 10.8. The van der Waals surface area contributed by atoms with Gasteiger partial charge in [-0.3, -0.25) is 9.78 Å². The molecule has 2 aromatic heterocycles. The molecule has 2 aromatic carbocycles. The second-order valence-electron chi connectivity index (χ2n) is 7.41. The lowest BCUT2D eigenvalue weighted by Gasteiger charge is -2.10. The van der Waals surface area contributed by atoms with Crippen molar-refractivity contribution in [3.8, 4) is 0 Å². The van der Waals surface area contributed by atoms with Gasteiger partial charge in [-0.25, -0.2) is 4.68 Å². The van der Waals surface area contributed by atoms with Gasteiger partial charge in [-0.15, -0.1) is 11.8 Å². The van der Waals surface area contributed by atoms with E-state index in [1.165, 1.54) is 16.0 Å². The number of benzene rings is 2. The van der Waals surface area contributed by atoms with Crippen molar-refractivity contribution in [3.63, 3.8) is 0 Å². The number of rotatable bonds is 7. The number of hydrogen-bond donors (Lipinski definition) is 1. The zero-order valence-electron chi connectivity index (χ0n) is 17.6. The van der Waals surface area contributed by atoms with E-state index in [9.17, 15) is 4.79 Å². The summed E-state index contributed by atoms with van der Waals surface area (Å²) in [6, 6.07) is 21.8. The molecular weight excluding hydrogens is 404 g/mol. The van der Waals surface area contributed by atoms with Crippen LogP contribution >= 0.6 is 11.8 Å². The molecule has 4 aromatic rings. The quantitative estimate of drug-likeness (QED) is 0.396. The number of pyridine rings is 1. The van der Waals surface area contributed by atoms with Crippen LogP contribution in [-0.4, -0.2) is 20.7 Å². The summed E-state index contributed by atoms with van der Waals surface area (Å²) >= 11 is 1.79. The van der Waals surface area contributed by atoms with Crippen LogP contribution in [-0.2, 0) is 12.3 Å². The SMILES string of the molecule is Cc1ccc(SCc2cccc(C(=O)Nc3ccnn3Cc3ccccn3)c2)c(C)c1. The highest BCUT2D eigenvalue weighted by Crippen LogP contribution is 2.27. The molecule has 0 atom stereocenters. The molecule has 0 fully saturated rings. The van der Waals surface area contributed by atoms with Crippen molar-refractivity contribution in [1.29, 1.82) is 0 Å². The summed E-state index contributed by atoms with van der Waals surface area (Å²) in [5, 5.41) is 7.28. The second kappa shape index (κ2) is 9.62. The number of amides is 1. The maximum absolute atomic E-state index is 12.9. The molecule has 0 saturated carbocycles. The molecule has 1 N–H and O–H groups in total. The number of anilines is 1. The fourth-order valence-electron chi connectivity index (χ4n) is 3.32. The summed E-state index contributed by atoms with van der Waals surface area (Å²) in [4.78, 5) is 18.4. The predicted molar refractivity (Wildman–Crippen MR) is 125 cm³/mol. The van der Waals surface area contributed by atoms with Gasteiger partial charge in [0.2, 0.25) is 0 Å². The monoisotopic (exact) mass is 428 g/mol. The highest BCUT2D eigenvalue weighted by molar-refractivity contribution is 7.98. The molecule has 0 spiro atoms. The molecule has 1 amide bonds. The lowest BCUT2D eigenvalue weighted by atomic mass is 10.1. The van der Waals surface area contributed by atoms with E-state index in [0.29, 0.717) is 17.9 Å². The molecule has 2 heterocycles. The number of nitrogens with zero attached hydrogens (tertiary/aromatic N) is 3. The molecule has 0 radical (unpaired) electrons. The highest BCUT2D eigenvalue weighted by atomic mass is 32.2. The van der Waals surface area contributed by atoms with Crippen molar-refractivity contribution >= 4 is 23.5 Å². The molecule has 0 bridgehead atoms. The first kappa shape index (κ1) is 20.9. The van der Waals surface area contributed by atoms with Crippen molar-refractivity contribution < 1.29 is 4.79 Å². The largest absolute Gasteiger partial charge is 0.307 e. The average Bonchev–Trinajstić information content (AvgIpc) is 3.20. The smallest absolute Gasteiger partial charge is 0.256 e. The Kier molecular flexibility index (Phi) is 6.48. The van der Waals surface area contributed by atoms with Crippen molar-refractivity contribution in [3.05, 3.63) is 107 Å². The molecule has 6 heteroatoms. The van der Waals surface area contributed by atoms with Crippen LogP contribution < -0.4 is 5.32 Å². The third-order valence-electron chi connectivity index (χ3n) is 4.91. The Bertz CT molecular complexity index is 1190. The number of thioether (sulfide) groups is 1. The summed E-state index contributed by atoms with van der Waals surface area (Å²) in [5.74, 6) is 1.30. The molecule has 0 aliphatic heterocycles. The fraction of sp³-hybridized carbons (Fsp3) is 0.160. The van der Waals surface area contributed by atoms with E-state index < -0.39 is 0 Å². The summed E-state index contributed by atoms with van der Waals surface area (Å²) in [6.07, 6.45) is 3.42. The Labute approximate surface area is 186 Å². The van der Waals surface area contributed by atoms with Crippen molar-refractivity contribution in [2.24, 2.45) is 0 Å². The van der Waals surface area contributed by atoms with Crippen molar-refractivity contribution in [2.75, 3.05) is 5.32 Å². The molecule has 156 valence electrons. The fourth-order valence-corrected chi connectivity index (χ4v) is 4.28. The van der Waals surface area contributed by atoms with E-state index in [4.69, 9.17) is 0 Å². The summed E-state index contributed by atoms with van der Waals surface area (Å²) in [6.45, 7) is 4.73. The van der Waals surface area contributed by atoms with E-state index in [1.807, 2.05) is 36.4 Å². The maximum Gasteiger partial charge on any atom is 0.256 e. The molecule has 0 aliphatic rings. The first-order valence-corrected chi connectivity index (χ1v) is 11.1. The first-order chi connectivity index (χ1) is 15.1. The van der Waals surface area contributed by atoms with Gasteiger partial charge in [0.15, 0.2) is 0 Å². The minimum Gasteiger partial charge on any atom is -0.307 e. The standard InChI is InChI=1S/C25H24N4OS/c1-18-9-10-23(19(2)14-18)31-17-20-6-5-7-21(15-20)25(30)28-24-11-13-27-29(24)16-22-8-3-4-12-26-22/h3-15H,16-17H2,1-2H3,(H,28,30). The van der Waals surface area contributed by atoms with Crippen LogP contribution in [0.4, 0.5) is 5.82 Å². The van der Waals surface area contributed by atoms with Gasteiger partial charge in [0.25, 0.3) is 5.91 Å². The van der Waals surface area contributed by atoms with Gasteiger partial charge in [-0.05, 0) is 55.3 Å². The molecule has 0 unspecified atom stereocenters. The number of nitrogens with one attached hydrogen (secondary N) is 1. The Morgan fingerprint density at radius 1 is 1.00 bits per heavy atom. The topological polar surface area (TPSA) is 59.8 Å². The highest BCUT2D eigenvalue weighted by Gasteiger charge is 2.11. The lowest BCUT2D eigenvalue weighted by molar-refractivity contribution is 0.102. The Balaban J connectivity index is 1.42. The number of carbonyl (C=O) groups excluding carboxylic acids is 1. The minimum atomic E-state index is -0.152. The van der Waals surface area contributed by atoms with E-state index >= 15 is 0 Å². The second-order valence-corrected chi connectivity index (χ2v) is 8.42. The van der Waals surface area contributed by atoms with E-state index in [2.05, 4.69) is 53.5 Å². The number of aromatic nitrogens is 3. The first-order valence-electron chi connectivity index (χ1n) is 10.1. The van der Waals surface area contributed by atoms with Gasteiger partial charge >= 0.3 is 0 Å². The molecule has 5 nitrogen and oxygen atoms in total. The number of aryl methyl sites for hydroxylation is 2. The number of carbonyl (C=O) groups is 1. The molecule has 31 heavy (non-hydrogen) atoms. The van der Waals surface area contributed by atoms with Crippen LogP contribution in [0.15, 0.2) is 84.0 Å². The van der Waals surface area contributed by atoms with Crippen LogP contribution in [0.3, 0.4) is 0 Å². The summed E-state index contributed by atoms with van der Waals surface area (Å²) in [7, 11) is 0. The van der Waals surface area contributed by atoms with Gasteiger partial charge in [-0.1, -0.05) is 35.9 Å². The van der Waals surface area contributed by atoms with Crippen LogP contribution in [0.2, 0.25) is 0 Å². The Hall–Kier alpha value is -3.38. The van der Waals surface area contributed by atoms with Gasteiger partial charge < -0.3 is 5.32 Å². The zero-order chi connectivity index (χ0) is 21.6. The maximum atomic E-state index is 12.9. The Morgan fingerprint density at radius 3 is 2.71 bits per heavy atom. The van der Waals surface area contributed by atoms with Gasteiger partial charge in [0.1, 0.15) is 5.82 Å². The van der Waals surface area contributed by atoms with Crippen molar-refractivity contribution in [1.82, 2.24) is 14.8 Å². The summed E-state index contributed by atoms with van der Waals surface area (Å²) < 4.78 is 1.74. The zero-order valence-corrected chi connectivity index (χ0v) is 18.4. The minimum absolute atomic E-state index is 0.152. The van der Waals surface area contributed by atoms with Crippen LogP contribution in [0, 0.1) is 13.8 Å². The van der Waals surface area contributed by atoms with Gasteiger partial charge in [-0.2, -0.15) is 5.10 Å².